The van der Waals surface area contributed by atoms with Gasteiger partial charge in [-0.1, -0.05) is 84.5 Å². The zero-order valence-corrected chi connectivity index (χ0v) is 77.6. The summed E-state index contributed by atoms with van der Waals surface area (Å²) >= 11 is 0. The summed E-state index contributed by atoms with van der Waals surface area (Å²) in [6.45, 7) is 31.3. The van der Waals surface area contributed by atoms with Crippen LogP contribution < -0.4 is 10.6 Å². The summed E-state index contributed by atoms with van der Waals surface area (Å²) in [4.78, 5) is 120. The van der Waals surface area contributed by atoms with Crippen molar-refractivity contribution < 1.29 is 142 Å². The van der Waals surface area contributed by atoms with Crippen molar-refractivity contribution in [3.63, 3.8) is 0 Å². The third kappa shape index (κ3) is 17.8. The van der Waals surface area contributed by atoms with Crippen molar-refractivity contribution in [3.05, 3.63) is 166 Å². The van der Waals surface area contributed by atoms with Crippen LogP contribution in [-0.4, -0.2) is 268 Å². The van der Waals surface area contributed by atoms with E-state index >= 15 is 8.78 Å². The highest BCUT2D eigenvalue weighted by molar-refractivity contribution is 7.88. The van der Waals surface area contributed by atoms with Crippen molar-refractivity contribution in [1.82, 2.24) is 29.8 Å². The molecule has 4 aromatic rings. The van der Waals surface area contributed by atoms with E-state index in [-0.39, 0.29) is 36.9 Å². The number of ether oxygens (including phenoxy) is 14. The Hall–Kier alpha value is -9.35. The number of likely N-dealkylation sites (tertiary alicyclic amines) is 1. The fourth-order valence-electron chi connectivity index (χ4n) is 22.3. The molecule has 37 heteroatoms. The Morgan fingerprint density at radius 1 is 0.603 bits per heavy atom. The molecule has 0 radical (unpaired) electrons. The molecule has 2 aromatic heterocycles. The second kappa shape index (κ2) is 35.8. The van der Waals surface area contributed by atoms with Crippen molar-refractivity contribution in [3.8, 4) is 0 Å². The van der Waals surface area contributed by atoms with Crippen molar-refractivity contribution in [2.45, 2.75) is 287 Å². The van der Waals surface area contributed by atoms with Crippen molar-refractivity contribution in [2.24, 2.45) is 33.5 Å². The molecular formula is C94H120F2N6O28S. The maximum atomic E-state index is 15.4. The minimum absolute atomic E-state index is 0.0705. The normalized spacial score (nSPS) is 34.1. The molecule has 2 aromatic carbocycles. The molecular weight excluding hydrogens is 1730 g/mol. The number of hydrogen-bond acceptors (Lipinski definition) is 31. The molecule has 24 atom stereocenters. The van der Waals surface area contributed by atoms with Gasteiger partial charge in [-0.2, -0.15) is 4.31 Å². The topological polar surface area (TPSA) is 437 Å². The second-order valence-corrected chi connectivity index (χ2v) is 42.0. The molecule has 2 amide bonds. The molecule has 7 heterocycles. The van der Waals surface area contributed by atoms with Gasteiger partial charge in [-0.15, -0.1) is 0 Å². The summed E-state index contributed by atoms with van der Waals surface area (Å²) in [6.07, 6.45) is -13.4. The van der Waals surface area contributed by atoms with Crippen molar-refractivity contribution in [1.29, 1.82) is 0 Å². The summed E-state index contributed by atoms with van der Waals surface area (Å²) in [5.74, 6) is -9.38. The Labute approximate surface area is 759 Å². The van der Waals surface area contributed by atoms with Crippen molar-refractivity contribution in [2.75, 3.05) is 46.2 Å². The van der Waals surface area contributed by atoms with Crippen LogP contribution in [0.15, 0.2) is 132 Å². The molecule has 0 unspecified atom stereocenters. The Morgan fingerprint density at radius 2 is 1.00 bits per heavy atom. The summed E-state index contributed by atoms with van der Waals surface area (Å²) < 4.78 is 145. The van der Waals surface area contributed by atoms with Crippen LogP contribution >= 0.6 is 0 Å². The number of nitrogens with zero attached hydrogens (tertiary/aromatic N) is 4. The van der Waals surface area contributed by atoms with E-state index in [0.717, 1.165) is 18.4 Å². The monoisotopic (exact) mass is 1850 g/mol. The first-order valence-electron chi connectivity index (χ1n) is 44.1. The summed E-state index contributed by atoms with van der Waals surface area (Å²) in [6, 6.07) is 17.2. The van der Waals surface area contributed by atoms with Crippen LogP contribution in [0, 0.1) is 45.1 Å². The number of benzene rings is 2. The van der Waals surface area contributed by atoms with Gasteiger partial charge in [0.1, 0.15) is 106 Å². The number of sulfonamides is 1. The van der Waals surface area contributed by atoms with Crippen LogP contribution in [0.3, 0.4) is 0 Å². The molecule has 131 heavy (non-hydrogen) atoms. The van der Waals surface area contributed by atoms with Gasteiger partial charge in [-0.3, -0.25) is 24.5 Å². The number of likely N-dealkylation sites (N-methyl/N-ethyl adjacent to an activating group) is 1. The van der Waals surface area contributed by atoms with Gasteiger partial charge in [0.05, 0.1) is 54.6 Å². The van der Waals surface area contributed by atoms with Crippen molar-refractivity contribution >= 4 is 58.0 Å². The molecule has 4 bridgehead atoms. The lowest BCUT2D eigenvalue weighted by molar-refractivity contribution is -0.345. The van der Waals surface area contributed by atoms with E-state index in [1.165, 1.54) is 55.8 Å². The number of aliphatic hydroxyl groups is 4. The molecule has 714 valence electrons. The predicted molar refractivity (Wildman–Crippen MR) is 458 cm³/mol. The standard InChI is InChI=1S/C49H65FN4O15S.C45H55FN2O13/c1-26-31(64-43(58)37(56)36(35-30(50)17-14-20-51-35)52-44(59)69-45(3,4)5)21-49(60)41(67-42(57)28-15-12-11-13-16-28)39-47(8,19-18-32-48(39,25-63-32)68-27(2)55)40-38(34(26)46(49,6)7)65-33(66-40)24-54-22-29(23-54)53(9)70(10,61)62;1-10-29-57-34-30-23(2)27(56-39(52)33(50)32(31-26(46)17-14-20-47-31)48-40(53)61-41(4,5)6)21-45(54,42(30,7)8)37(59-38(51)25-15-12-11-13-16-25)35-43(9,36(34)58-29)19-18-28-44(35,22-55-28)60-24(3)49/h11-17,20,29,31-33,36-41,56,60H,18-19,21-25H2,1-10H3,(H,52,59);10-17,20,27-29,32-37,50,54H,1,18-19,21-22H2,2-9H3,(H,48,53)/t31-,32+,33+,36-,37+,38+,39-,40+,41-,47+,48-,49+;27-,28+,29+,32-,33+,34+,35-,36+,37-,43+,44-,45+/m00/s1. The SMILES string of the molecule is C=C[C@@H]1O[C@@H]2C3=C(C)[C@@H](OC(=O)[C@H](O)[C@@H](NC(=O)OC(C)(C)C)c4ncccc4F)C[C@@](O)([C@@H](OC(=O)c4ccccc4)[C@H]4[C@@](C)(CC[C@H]5OC[C@]54OC(C)=O)[C@@H]2O1)C3(C)C.CC(=O)O[C@@]12CO[C@@H]1CC[C@@]1(C)[C@@H]3O[C@H](CN4CC(N(C)S(C)(=O)=O)C4)O[C@@H]3C3=C(C)[C@@H](OC(=O)[C@H](O)[C@@H](NC(=O)OC(C)(C)C)c4ncccc4F)C[C@@](O)([C@@H](OC(=O)c4ccccc4)[C@@H]12)C3(C)C. The molecule has 6 aliphatic carbocycles. The Balaban J connectivity index is 0.000000213. The fourth-order valence-corrected chi connectivity index (χ4v) is 23.0. The van der Waals surface area contributed by atoms with E-state index in [1.54, 1.807) is 144 Å². The molecule has 4 saturated carbocycles. The highest BCUT2D eigenvalue weighted by Gasteiger charge is 2.80. The Morgan fingerprint density at radius 3 is 1.36 bits per heavy atom. The Kier molecular flexibility index (Phi) is 26.7. The van der Waals surface area contributed by atoms with E-state index in [0.29, 0.717) is 61.1 Å². The van der Waals surface area contributed by atoms with Gasteiger partial charge in [0.15, 0.2) is 36.0 Å². The van der Waals surface area contributed by atoms with Crippen LogP contribution in [0.4, 0.5) is 18.4 Å². The zero-order chi connectivity index (χ0) is 95.5. The van der Waals surface area contributed by atoms with Crippen LogP contribution in [0.25, 0.3) is 0 Å². The van der Waals surface area contributed by atoms with Gasteiger partial charge in [0.2, 0.25) is 10.0 Å². The van der Waals surface area contributed by atoms with Gasteiger partial charge < -0.3 is 97.4 Å². The first-order chi connectivity index (χ1) is 61.2. The number of rotatable bonds is 21. The predicted octanol–water partition coefficient (Wildman–Crippen LogP) is 8.77. The first kappa shape index (κ1) is 97.7. The summed E-state index contributed by atoms with van der Waals surface area (Å²) in [5.41, 5.74) is -12.9. The number of alkyl carbamates (subject to hydrolysis) is 2. The number of aromatic nitrogens is 2. The zero-order valence-electron chi connectivity index (χ0n) is 76.8. The van der Waals surface area contributed by atoms with E-state index in [2.05, 4.69) is 27.2 Å². The third-order valence-electron chi connectivity index (χ3n) is 28.8. The van der Waals surface area contributed by atoms with E-state index < -0.39 is 259 Å². The number of aliphatic hydroxyl groups excluding tert-OH is 2. The lowest BCUT2D eigenvalue weighted by Gasteiger charge is -2.68. The number of halogens is 2. The molecule has 15 rings (SSSR count). The third-order valence-corrected chi connectivity index (χ3v) is 30.1. The summed E-state index contributed by atoms with van der Waals surface area (Å²) in [7, 11) is -1.93. The molecule has 5 saturated heterocycles. The average molecular weight is 1850 g/mol. The van der Waals surface area contributed by atoms with Gasteiger partial charge in [-0.25, -0.2) is 46.0 Å². The van der Waals surface area contributed by atoms with E-state index in [1.807, 2.05) is 18.7 Å². The van der Waals surface area contributed by atoms with Crippen LogP contribution in [-0.2, 0) is 95.5 Å². The van der Waals surface area contributed by atoms with E-state index in [9.17, 15) is 67.2 Å². The Bertz CT molecular complexity index is 5260. The summed E-state index contributed by atoms with van der Waals surface area (Å²) in [5, 5.41) is 56.0. The largest absolute Gasteiger partial charge is 0.456 e. The molecule has 0 spiro atoms. The van der Waals surface area contributed by atoms with Gasteiger partial charge >= 0.3 is 48.0 Å². The number of fused-ring (bicyclic) bond motifs is 16. The smallest absolute Gasteiger partial charge is 0.408 e. The number of esters is 6. The number of hydrogen-bond donors (Lipinski definition) is 6. The molecule has 11 aliphatic rings. The first-order valence-corrected chi connectivity index (χ1v) is 45.9. The average Bonchev–Trinajstić information content (AvgIpc) is 1.65. The molecule has 5 aliphatic heterocycles. The minimum atomic E-state index is -3.46. The van der Waals surface area contributed by atoms with Gasteiger partial charge in [0.25, 0.3) is 0 Å². The number of amides is 2. The lowest BCUT2D eigenvalue weighted by atomic mass is 9.45. The highest BCUT2D eigenvalue weighted by Crippen LogP contribution is 2.70. The molecule has 34 nitrogen and oxygen atoms in total. The fraction of sp³-hybridized carbons (Fsp3) is 0.617. The molecule has 9 fully saturated rings. The van der Waals surface area contributed by atoms with Crippen LogP contribution in [0.1, 0.15) is 193 Å². The molecule has 6 N–H and O–H groups in total. The maximum Gasteiger partial charge on any atom is 0.408 e. The number of carbonyl (C=O) groups excluding carboxylic acids is 8. The quantitative estimate of drug-likeness (QED) is 0.0258. The van der Waals surface area contributed by atoms with Crippen LogP contribution in [0.5, 0.6) is 0 Å². The second-order valence-electron chi connectivity index (χ2n) is 40.0. The van der Waals surface area contributed by atoms with Gasteiger partial charge in [-0.05, 0) is 158 Å². The highest BCUT2D eigenvalue weighted by atomic mass is 32.2. The minimum Gasteiger partial charge on any atom is -0.456 e. The number of carbonyl (C=O) groups is 8. The lowest BCUT2D eigenvalue weighted by Crippen LogP contribution is -2.79. The van der Waals surface area contributed by atoms with E-state index in [4.69, 9.17) is 66.3 Å². The van der Waals surface area contributed by atoms with Gasteiger partial charge in [0, 0.05) is 93.5 Å². The number of nitrogens with one attached hydrogen (secondary N) is 2. The number of pyridine rings is 2. The van der Waals surface area contributed by atoms with Crippen LogP contribution in [0.2, 0.25) is 0 Å². The maximum absolute atomic E-state index is 15.4.